The summed E-state index contributed by atoms with van der Waals surface area (Å²) in [6.45, 7) is 5.25. The van der Waals surface area contributed by atoms with E-state index in [1.807, 2.05) is 30.3 Å². The lowest BCUT2D eigenvalue weighted by Gasteiger charge is -2.30. The molecule has 164 valence electrons. The maximum Gasteiger partial charge on any atom is 0.301 e. The predicted molar refractivity (Wildman–Crippen MR) is 115 cm³/mol. The summed E-state index contributed by atoms with van der Waals surface area (Å²) in [6.07, 6.45) is 0.969. The van der Waals surface area contributed by atoms with Crippen molar-refractivity contribution in [1.29, 1.82) is 0 Å². The Morgan fingerprint density at radius 2 is 1.77 bits per heavy atom. The van der Waals surface area contributed by atoms with Crippen LogP contribution in [0.1, 0.15) is 32.3 Å². The summed E-state index contributed by atoms with van der Waals surface area (Å²) < 4.78 is 11.3. The van der Waals surface area contributed by atoms with E-state index in [-0.39, 0.29) is 23.1 Å². The number of nitro benzene ring substituents is 2. The first-order chi connectivity index (χ1) is 14.8. The van der Waals surface area contributed by atoms with Gasteiger partial charge in [0, 0.05) is 11.5 Å². The Balaban J connectivity index is 1.85. The van der Waals surface area contributed by atoms with Crippen LogP contribution in [-0.4, -0.2) is 35.1 Å². The van der Waals surface area contributed by atoms with E-state index in [1.54, 1.807) is 0 Å². The van der Waals surface area contributed by atoms with Crippen LogP contribution in [0.5, 0.6) is 0 Å². The van der Waals surface area contributed by atoms with Crippen LogP contribution in [0.25, 0.3) is 0 Å². The van der Waals surface area contributed by atoms with Crippen molar-refractivity contribution in [3.8, 4) is 0 Å². The number of hydrogen-bond acceptors (Lipinski definition) is 8. The van der Waals surface area contributed by atoms with Gasteiger partial charge in [-0.25, -0.2) is 0 Å². The van der Waals surface area contributed by atoms with Crippen LogP contribution < -0.4 is 5.43 Å². The van der Waals surface area contributed by atoms with E-state index in [0.29, 0.717) is 31.8 Å². The van der Waals surface area contributed by atoms with Crippen molar-refractivity contribution in [3.05, 3.63) is 74.3 Å². The first-order valence-corrected chi connectivity index (χ1v) is 9.82. The quantitative estimate of drug-likeness (QED) is 0.354. The number of hydrogen-bond donors (Lipinski definition) is 1. The summed E-state index contributed by atoms with van der Waals surface area (Å²) in [7, 11) is 0. The molecule has 0 radical (unpaired) electrons. The molecule has 1 N–H and O–H groups in total. The molecule has 10 heteroatoms. The van der Waals surface area contributed by atoms with Crippen molar-refractivity contribution < 1.29 is 19.3 Å². The molecule has 1 aliphatic rings. The summed E-state index contributed by atoms with van der Waals surface area (Å²) in [5.74, 6) is 0. The van der Waals surface area contributed by atoms with Crippen LogP contribution in [-0.2, 0) is 9.47 Å². The van der Waals surface area contributed by atoms with Crippen molar-refractivity contribution in [1.82, 2.24) is 0 Å². The molecule has 0 unspecified atom stereocenters. The van der Waals surface area contributed by atoms with Gasteiger partial charge in [0.1, 0.15) is 5.69 Å². The van der Waals surface area contributed by atoms with E-state index < -0.39 is 15.5 Å². The molecule has 1 heterocycles. The van der Waals surface area contributed by atoms with Gasteiger partial charge in [0.15, 0.2) is 6.29 Å². The third-order valence-electron chi connectivity index (χ3n) is 5.07. The van der Waals surface area contributed by atoms with Gasteiger partial charge in [-0.3, -0.25) is 25.7 Å². The highest BCUT2D eigenvalue weighted by Crippen LogP contribution is 2.33. The number of anilines is 1. The predicted octanol–water partition coefficient (Wildman–Crippen LogP) is 4.50. The molecule has 0 spiro atoms. The number of benzene rings is 2. The zero-order valence-electron chi connectivity index (χ0n) is 17.3. The maximum atomic E-state index is 11.4. The number of nitrogens with zero attached hydrogens (tertiary/aromatic N) is 3. The van der Waals surface area contributed by atoms with E-state index in [2.05, 4.69) is 24.4 Å². The van der Waals surface area contributed by atoms with E-state index in [9.17, 15) is 20.2 Å². The second-order valence-electron chi connectivity index (χ2n) is 7.81. The zero-order valence-corrected chi connectivity index (χ0v) is 17.3. The van der Waals surface area contributed by atoms with Gasteiger partial charge < -0.3 is 9.47 Å². The Kier molecular flexibility index (Phi) is 6.93. The molecule has 1 fully saturated rings. The third kappa shape index (κ3) is 5.62. The molecule has 0 saturated carbocycles. The number of hydrazone groups is 1. The highest BCUT2D eigenvalue weighted by molar-refractivity contribution is 6.01. The maximum absolute atomic E-state index is 11.4. The van der Waals surface area contributed by atoms with Gasteiger partial charge in [0.2, 0.25) is 0 Å². The highest BCUT2D eigenvalue weighted by atomic mass is 16.7. The van der Waals surface area contributed by atoms with Crippen LogP contribution in [0.3, 0.4) is 0 Å². The fraction of sp³-hybridized carbons (Fsp3) is 0.381. The van der Waals surface area contributed by atoms with Crippen LogP contribution in [0.2, 0.25) is 0 Å². The van der Waals surface area contributed by atoms with Gasteiger partial charge in [-0.2, -0.15) is 5.10 Å². The Hall–Kier alpha value is -3.37. The van der Waals surface area contributed by atoms with Gasteiger partial charge in [0.25, 0.3) is 5.69 Å². The largest absolute Gasteiger partial charge is 0.350 e. The molecular weight excluding hydrogens is 404 g/mol. The SMILES string of the molecule is CC(C)(CC/C(=N\Nc1ccc([N+](=O)[O-])cc1[N+](=O)[O-])c1ccccc1)C1OCCO1. The first kappa shape index (κ1) is 22.3. The van der Waals surface area contributed by atoms with Gasteiger partial charge in [-0.1, -0.05) is 44.2 Å². The van der Waals surface area contributed by atoms with E-state index in [1.165, 1.54) is 12.1 Å². The van der Waals surface area contributed by atoms with Crippen LogP contribution >= 0.6 is 0 Å². The normalized spacial score (nSPS) is 15.1. The van der Waals surface area contributed by atoms with Crippen molar-refractivity contribution in [2.75, 3.05) is 18.6 Å². The van der Waals surface area contributed by atoms with Gasteiger partial charge >= 0.3 is 5.69 Å². The second kappa shape index (κ2) is 9.63. The molecule has 1 saturated heterocycles. The molecular formula is C21H24N4O6. The fourth-order valence-electron chi connectivity index (χ4n) is 3.27. The lowest BCUT2D eigenvalue weighted by Crippen LogP contribution is -2.31. The van der Waals surface area contributed by atoms with Crippen LogP contribution in [0.4, 0.5) is 17.1 Å². The standard InChI is InChI=1S/C21H24N4O6/c1-21(2,20-30-12-13-31-20)11-10-17(15-6-4-3-5-7-15)22-23-18-9-8-16(24(26)27)14-19(18)25(28)29/h3-9,14,20,23H,10-13H2,1-2H3/b22-17+. The van der Waals surface area contributed by atoms with Crippen LogP contribution in [0.15, 0.2) is 53.6 Å². The topological polar surface area (TPSA) is 129 Å². The molecule has 2 aromatic rings. The lowest BCUT2D eigenvalue weighted by molar-refractivity contribution is -0.393. The average molecular weight is 428 g/mol. The molecule has 0 atom stereocenters. The van der Waals surface area contributed by atoms with Crippen LogP contribution in [0, 0.1) is 25.6 Å². The monoisotopic (exact) mass is 428 g/mol. The van der Waals surface area contributed by atoms with E-state index >= 15 is 0 Å². The molecule has 10 nitrogen and oxygen atoms in total. The Morgan fingerprint density at radius 1 is 1.10 bits per heavy atom. The van der Waals surface area contributed by atoms with E-state index in [4.69, 9.17) is 9.47 Å². The number of nitro groups is 2. The van der Waals surface area contributed by atoms with Crippen molar-refractivity contribution in [3.63, 3.8) is 0 Å². The van der Waals surface area contributed by atoms with Gasteiger partial charge in [-0.05, 0) is 24.5 Å². The molecule has 31 heavy (non-hydrogen) atoms. The third-order valence-corrected chi connectivity index (χ3v) is 5.07. The molecule has 1 aliphatic heterocycles. The minimum atomic E-state index is -0.676. The fourth-order valence-corrected chi connectivity index (χ4v) is 3.27. The Bertz CT molecular complexity index is 971. The number of ether oxygens (including phenoxy) is 2. The van der Waals surface area contributed by atoms with Gasteiger partial charge in [-0.15, -0.1) is 0 Å². The first-order valence-electron chi connectivity index (χ1n) is 9.82. The van der Waals surface area contributed by atoms with E-state index in [0.717, 1.165) is 11.6 Å². The summed E-state index contributed by atoms with van der Waals surface area (Å²) >= 11 is 0. The minimum Gasteiger partial charge on any atom is -0.350 e. The Morgan fingerprint density at radius 3 is 2.39 bits per heavy atom. The molecule has 3 rings (SSSR count). The summed E-state index contributed by atoms with van der Waals surface area (Å²) in [4.78, 5) is 21.0. The second-order valence-corrected chi connectivity index (χ2v) is 7.81. The van der Waals surface area contributed by atoms with Crippen molar-refractivity contribution in [2.45, 2.75) is 33.0 Å². The van der Waals surface area contributed by atoms with Crippen molar-refractivity contribution >= 4 is 22.8 Å². The summed E-state index contributed by atoms with van der Waals surface area (Å²) in [6, 6.07) is 12.9. The molecule has 0 aliphatic carbocycles. The average Bonchev–Trinajstić information content (AvgIpc) is 3.30. The number of rotatable bonds is 9. The molecule has 0 aromatic heterocycles. The summed E-state index contributed by atoms with van der Waals surface area (Å²) in [5, 5.41) is 26.7. The highest BCUT2D eigenvalue weighted by Gasteiger charge is 2.34. The molecule has 2 aromatic carbocycles. The Labute approximate surface area is 179 Å². The lowest BCUT2D eigenvalue weighted by atomic mass is 9.85. The minimum absolute atomic E-state index is 0.0748. The summed E-state index contributed by atoms with van der Waals surface area (Å²) in [5.41, 5.74) is 3.32. The van der Waals surface area contributed by atoms with Gasteiger partial charge in [0.05, 0.1) is 34.8 Å². The zero-order chi connectivity index (χ0) is 22.4. The molecule has 0 amide bonds. The number of non-ortho nitro benzene ring substituents is 1. The molecule has 0 bridgehead atoms. The number of nitrogens with one attached hydrogen (secondary N) is 1. The smallest absolute Gasteiger partial charge is 0.301 e. The van der Waals surface area contributed by atoms with Crippen molar-refractivity contribution in [2.24, 2.45) is 10.5 Å².